The quantitative estimate of drug-likeness (QED) is 0.244. The molecule has 1 aromatic heterocycles. The molecule has 0 aliphatic rings. The number of nitrogens with zero attached hydrogens (tertiary/aromatic N) is 4. The van der Waals surface area contributed by atoms with Crippen LogP contribution in [-0.2, 0) is 6.54 Å². The lowest BCUT2D eigenvalue weighted by Gasteiger charge is -2.05. The first-order chi connectivity index (χ1) is 15.7. The summed E-state index contributed by atoms with van der Waals surface area (Å²) in [6.45, 7) is 6.58. The first-order valence-corrected chi connectivity index (χ1v) is 11.1. The van der Waals surface area contributed by atoms with Gasteiger partial charge in [-0.25, -0.2) is 5.43 Å². The van der Waals surface area contributed by atoms with Gasteiger partial charge >= 0.3 is 0 Å². The molecule has 0 atom stereocenters. The normalized spacial score (nSPS) is 11.8. The minimum Gasteiger partial charge on any atom is -0.266 e. The lowest BCUT2D eigenvalue weighted by molar-refractivity contribution is -0.384. The Morgan fingerprint density at radius 3 is 2.48 bits per heavy atom. The third-order valence-electron chi connectivity index (χ3n) is 4.86. The number of carbonyl (C=O) groups is 1. The van der Waals surface area contributed by atoms with Crippen molar-refractivity contribution in [2.24, 2.45) is 5.10 Å². The number of amides is 1. The van der Waals surface area contributed by atoms with Crippen LogP contribution in [-0.4, -0.2) is 26.8 Å². The minimum absolute atomic E-state index is 0.0234. The number of hydrazone groups is 1. The number of nitrogens with one attached hydrogen (secondary N) is 1. The molecule has 8 nitrogen and oxygen atoms in total. The predicted octanol–water partition coefficient (Wildman–Crippen LogP) is 5.54. The number of allylic oxidation sites excluding steroid dienone is 1. The van der Waals surface area contributed by atoms with Crippen molar-refractivity contribution in [1.82, 2.24) is 15.2 Å². The maximum atomic E-state index is 12.5. The average Bonchev–Trinajstić information content (AvgIpc) is 3.14. The summed E-state index contributed by atoms with van der Waals surface area (Å²) >= 11 is 3.35. The average molecular weight is 510 g/mol. The fourth-order valence-corrected chi connectivity index (χ4v) is 3.56. The first-order valence-electron chi connectivity index (χ1n) is 10.3. The van der Waals surface area contributed by atoms with Crippen molar-refractivity contribution in [2.45, 2.75) is 33.2 Å². The van der Waals surface area contributed by atoms with Gasteiger partial charge in [0.2, 0.25) is 0 Å². The van der Waals surface area contributed by atoms with E-state index in [0.717, 1.165) is 16.7 Å². The molecule has 0 unspecified atom stereocenters. The SMILES string of the molecule is CC(C=NNC(=O)c1nn(Cc2ccc([N+](=O)[O-])cc2)cc1Br)=Cc1ccc(C(C)C)cc1. The Hall–Kier alpha value is -3.59. The molecule has 0 radical (unpaired) electrons. The van der Waals surface area contributed by atoms with Crippen LogP contribution in [0.5, 0.6) is 0 Å². The standard InChI is InChI=1S/C24H24BrN5O3/c1-16(2)20-8-4-18(5-9-20)12-17(3)13-26-27-24(31)23-22(25)15-29(28-23)14-19-6-10-21(11-7-19)30(32)33/h4-13,15-16H,14H2,1-3H3,(H,27,31). The monoisotopic (exact) mass is 509 g/mol. The molecule has 1 N–H and O–H groups in total. The van der Waals surface area contributed by atoms with Gasteiger partial charge < -0.3 is 0 Å². The van der Waals surface area contributed by atoms with Crippen LogP contribution in [0.2, 0.25) is 0 Å². The summed E-state index contributed by atoms with van der Waals surface area (Å²) < 4.78 is 2.10. The molecule has 2 aromatic carbocycles. The van der Waals surface area contributed by atoms with Gasteiger partial charge in [0.05, 0.1) is 22.2 Å². The summed E-state index contributed by atoms with van der Waals surface area (Å²) in [6, 6.07) is 14.5. The molecule has 33 heavy (non-hydrogen) atoms. The molecule has 170 valence electrons. The van der Waals surface area contributed by atoms with E-state index in [1.54, 1.807) is 29.2 Å². The van der Waals surface area contributed by atoms with Crippen LogP contribution < -0.4 is 5.43 Å². The van der Waals surface area contributed by atoms with Gasteiger partial charge in [0.25, 0.3) is 11.6 Å². The summed E-state index contributed by atoms with van der Waals surface area (Å²) in [6.07, 6.45) is 5.23. The topological polar surface area (TPSA) is 102 Å². The lowest BCUT2D eigenvalue weighted by atomic mass is 10.0. The zero-order valence-corrected chi connectivity index (χ0v) is 20.1. The number of benzene rings is 2. The molecule has 1 heterocycles. The second-order valence-corrected chi connectivity index (χ2v) is 8.71. The highest BCUT2D eigenvalue weighted by molar-refractivity contribution is 9.10. The first kappa shape index (κ1) is 24.1. The Morgan fingerprint density at radius 1 is 1.21 bits per heavy atom. The van der Waals surface area contributed by atoms with Crippen LogP contribution in [0, 0.1) is 10.1 Å². The fraction of sp³-hybridized carbons (Fsp3) is 0.208. The summed E-state index contributed by atoms with van der Waals surface area (Å²) in [7, 11) is 0. The van der Waals surface area contributed by atoms with Crippen LogP contribution in [0.25, 0.3) is 6.08 Å². The predicted molar refractivity (Wildman–Crippen MR) is 132 cm³/mol. The molecular formula is C24H24BrN5O3. The molecular weight excluding hydrogens is 486 g/mol. The highest BCUT2D eigenvalue weighted by atomic mass is 79.9. The number of rotatable bonds is 8. The van der Waals surface area contributed by atoms with E-state index in [1.807, 2.05) is 13.0 Å². The van der Waals surface area contributed by atoms with Gasteiger partial charge in [-0.05, 0) is 51.0 Å². The maximum Gasteiger partial charge on any atom is 0.293 e. The number of carbonyl (C=O) groups excluding carboxylic acids is 1. The van der Waals surface area contributed by atoms with Crippen molar-refractivity contribution >= 4 is 39.8 Å². The van der Waals surface area contributed by atoms with Crippen LogP contribution in [0.1, 0.15) is 53.9 Å². The lowest BCUT2D eigenvalue weighted by Crippen LogP contribution is -2.19. The number of halogens is 1. The van der Waals surface area contributed by atoms with Gasteiger partial charge in [-0.3, -0.25) is 19.6 Å². The summed E-state index contributed by atoms with van der Waals surface area (Å²) in [5.41, 5.74) is 6.75. The van der Waals surface area contributed by atoms with Crippen molar-refractivity contribution in [1.29, 1.82) is 0 Å². The van der Waals surface area contributed by atoms with E-state index < -0.39 is 10.8 Å². The van der Waals surface area contributed by atoms with Crippen molar-refractivity contribution in [3.8, 4) is 0 Å². The van der Waals surface area contributed by atoms with Gasteiger partial charge in [-0.15, -0.1) is 0 Å². The molecule has 3 rings (SSSR count). The molecule has 3 aromatic rings. The molecule has 0 saturated carbocycles. The van der Waals surface area contributed by atoms with Crippen molar-refractivity contribution in [3.05, 3.63) is 97.3 Å². The van der Waals surface area contributed by atoms with Gasteiger partial charge in [0.15, 0.2) is 5.69 Å². The fourth-order valence-electron chi connectivity index (χ4n) is 3.07. The van der Waals surface area contributed by atoms with Gasteiger partial charge in [0, 0.05) is 18.3 Å². The largest absolute Gasteiger partial charge is 0.293 e. The summed E-state index contributed by atoms with van der Waals surface area (Å²) in [4.78, 5) is 22.8. The molecule has 0 fully saturated rings. The molecule has 0 spiro atoms. The number of aromatic nitrogens is 2. The highest BCUT2D eigenvalue weighted by Gasteiger charge is 2.15. The van der Waals surface area contributed by atoms with Gasteiger partial charge in [-0.2, -0.15) is 10.2 Å². The van der Waals surface area contributed by atoms with E-state index in [2.05, 4.69) is 69.7 Å². The van der Waals surface area contributed by atoms with Crippen molar-refractivity contribution < 1.29 is 9.72 Å². The van der Waals surface area contributed by atoms with E-state index in [4.69, 9.17) is 0 Å². The van der Waals surface area contributed by atoms with Crippen LogP contribution in [0.3, 0.4) is 0 Å². The number of nitro benzene ring substituents is 1. The zero-order valence-electron chi connectivity index (χ0n) is 18.5. The van der Waals surface area contributed by atoms with E-state index in [1.165, 1.54) is 17.7 Å². The number of hydrogen-bond donors (Lipinski definition) is 1. The molecule has 1 amide bonds. The minimum atomic E-state index is -0.449. The Morgan fingerprint density at radius 2 is 1.88 bits per heavy atom. The molecule has 0 saturated heterocycles. The third-order valence-corrected chi connectivity index (χ3v) is 5.44. The van der Waals surface area contributed by atoms with E-state index in [0.29, 0.717) is 16.9 Å². The Balaban J connectivity index is 1.60. The smallest absolute Gasteiger partial charge is 0.266 e. The van der Waals surface area contributed by atoms with Crippen molar-refractivity contribution in [2.75, 3.05) is 0 Å². The van der Waals surface area contributed by atoms with Gasteiger partial charge in [-0.1, -0.05) is 56.3 Å². The Labute approximate surface area is 200 Å². The Bertz CT molecular complexity index is 1200. The van der Waals surface area contributed by atoms with Gasteiger partial charge in [0.1, 0.15) is 0 Å². The summed E-state index contributed by atoms with van der Waals surface area (Å²) in [5.74, 6) is 0.0347. The molecule has 9 heteroatoms. The van der Waals surface area contributed by atoms with Crippen molar-refractivity contribution in [3.63, 3.8) is 0 Å². The third kappa shape index (κ3) is 6.69. The summed E-state index contributed by atoms with van der Waals surface area (Å²) in [5, 5.41) is 19.1. The van der Waals surface area contributed by atoms with Crippen LogP contribution in [0.15, 0.2) is 69.9 Å². The van der Waals surface area contributed by atoms with E-state index in [9.17, 15) is 14.9 Å². The van der Waals surface area contributed by atoms with Crippen LogP contribution >= 0.6 is 15.9 Å². The maximum absolute atomic E-state index is 12.5. The zero-order chi connectivity index (χ0) is 24.0. The van der Waals surface area contributed by atoms with E-state index in [-0.39, 0.29) is 11.4 Å². The molecule has 0 bridgehead atoms. The number of nitro groups is 1. The highest BCUT2D eigenvalue weighted by Crippen LogP contribution is 2.18. The second kappa shape index (κ2) is 10.8. The van der Waals surface area contributed by atoms with Crippen LogP contribution in [0.4, 0.5) is 5.69 Å². The second-order valence-electron chi connectivity index (χ2n) is 7.86. The number of hydrogen-bond acceptors (Lipinski definition) is 5. The Kier molecular flexibility index (Phi) is 7.89. The molecule has 0 aliphatic carbocycles. The molecule has 0 aliphatic heterocycles. The van der Waals surface area contributed by atoms with E-state index >= 15 is 0 Å². The number of non-ortho nitro benzene ring substituents is 1.